The second-order valence-corrected chi connectivity index (χ2v) is 3.86. The number of ether oxygens (including phenoxy) is 2. The van der Waals surface area contributed by atoms with Crippen molar-refractivity contribution in [1.29, 1.82) is 0 Å². The Balaban J connectivity index is 2.73. The normalized spacial score (nSPS) is 14.6. The van der Waals surface area contributed by atoms with Crippen molar-refractivity contribution in [3.63, 3.8) is 0 Å². The van der Waals surface area contributed by atoms with E-state index in [4.69, 9.17) is 15.2 Å². The number of hydrogen-bond donors (Lipinski definition) is 1. The lowest BCUT2D eigenvalue weighted by Gasteiger charge is -2.15. The molecule has 1 unspecified atom stereocenters. The van der Waals surface area contributed by atoms with Crippen molar-refractivity contribution < 1.29 is 13.9 Å². The molecule has 1 aromatic rings. The van der Waals surface area contributed by atoms with Crippen molar-refractivity contribution in [2.45, 2.75) is 26.0 Å². The SMILES string of the molecule is COCC(C)Oc1ccc([C@@H](C)N)c(F)c1. The molecule has 4 heteroatoms. The number of methoxy groups -OCH3 is 1. The summed E-state index contributed by atoms with van der Waals surface area (Å²) in [6.45, 7) is 4.07. The molecule has 0 fully saturated rings. The molecule has 2 N–H and O–H groups in total. The largest absolute Gasteiger partial charge is 0.488 e. The quantitative estimate of drug-likeness (QED) is 0.839. The first-order valence-corrected chi connectivity index (χ1v) is 5.25. The van der Waals surface area contributed by atoms with E-state index in [0.29, 0.717) is 17.9 Å². The molecule has 0 aliphatic carbocycles. The van der Waals surface area contributed by atoms with Crippen LogP contribution >= 0.6 is 0 Å². The Hall–Kier alpha value is -1.13. The van der Waals surface area contributed by atoms with Crippen LogP contribution in [0.15, 0.2) is 18.2 Å². The minimum atomic E-state index is -0.336. The van der Waals surface area contributed by atoms with Crippen molar-refractivity contribution in [3.8, 4) is 5.75 Å². The minimum Gasteiger partial charge on any atom is -0.488 e. The zero-order chi connectivity index (χ0) is 12.1. The van der Waals surface area contributed by atoms with Gasteiger partial charge >= 0.3 is 0 Å². The minimum absolute atomic E-state index is 0.106. The van der Waals surface area contributed by atoms with Gasteiger partial charge in [0.1, 0.15) is 17.7 Å². The highest BCUT2D eigenvalue weighted by molar-refractivity contribution is 5.30. The van der Waals surface area contributed by atoms with Crippen molar-refractivity contribution in [2.75, 3.05) is 13.7 Å². The fraction of sp³-hybridized carbons (Fsp3) is 0.500. The molecule has 0 saturated carbocycles. The Labute approximate surface area is 95.4 Å². The number of rotatable bonds is 5. The van der Waals surface area contributed by atoms with Gasteiger partial charge < -0.3 is 15.2 Å². The van der Waals surface area contributed by atoms with Crippen molar-refractivity contribution in [1.82, 2.24) is 0 Å². The van der Waals surface area contributed by atoms with E-state index in [1.54, 1.807) is 26.2 Å². The van der Waals surface area contributed by atoms with Crippen LogP contribution in [0.3, 0.4) is 0 Å². The van der Waals surface area contributed by atoms with E-state index in [1.807, 2.05) is 6.92 Å². The molecule has 16 heavy (non-hydrogen) atoms. The van der Waals surface area contributed by atoms with Crippen LogP contribution in [0.1, 0.15) is 25.5 Å². The molecule has 0 bridgehead atoms. The van der Waals surface area contributed by atoms with E-state index in [0.717, 1.165) is 0 Å². The van der Waals surface area contributed by atoms with Gasteiger partial charge in [0.15, 0.2) is 0 Å². The Morgan fingerprint density at radius 1 is 1.38 bits per heavy atom. The molecule has 0 saturated heterocycles. The molecular formula is C12H18FNO2. The smallest absolute Gasteiger partial charge is 0.131 e. The van der Waals surface area contributed by atoms with E-state index in [1.165, 1.54) is 6.07 Å². The lowest BCUT2D eigenvalue weighted by atomic mass is 10.1. The van der Waals surface area contributed by atoms with Gasteiger partial charge in [0, 0.05) is 24.8 Å². The van der Waals surface area contributed by atoms with Crippen LogP contribution in [0, 0.1) is 5.82 Å². The average Bonchev–Trinajstić information content (AvgIpc) is 2.17. The summed E-state index contributed by atoms with van der Waals surface area (Å²) in [7, 11) is 1.60. The summed E-state index contributed by atoms with van der Waals surface area (Å²) in [6.07, 6.45) is -0.106. The van der Waals surface area contributed by atoms with Crippen LogP contribution in [0.25, 0.3) is 0 Å². The second-order valence-electron chi connectivity index (χ2n) is 3.86. The third-order valence-electron chi connectivity index (χ3n) is 2.20. The van der Waals surface area contributed by atoms with E-state index < -0.39 is 0 Å². The van der Waals surface area contributed by atoms with Gasteiger partial charge in [-0.1, -0.05) is 6.07 Å². The van der Waals surface area contributed by atoms with Gasteiger partial charge in [-0.25, -0.2) is 4.39 Å². The fourth-order valence-electron chi connectivity index (χ4n) is 1.45. The van der Waals surface area contributed by atoms with Crippen LogP contribution < -0.4 is 10.5 Å². The molecule has 1 aromatic carbocycles. The highest BCUT2D eigenvalue weighted by atomic mass is 19.1. The molecule has 0 aromatic heterocycles. The molecule has 0 aliphatic rings. The van der Waals surface area contributed by atoms with Crippen LogP contribution in [0.5, 0.6) is 5.75 Å². The van der Waals surface area contributed by atoms with Gasteiger partial charge in [0.25, 0.3) is 0 Å². The summed E-state index contributed by atoms with van der Waals surface area (Å²) in [5.74, 6) is 0.156. The number of benzene rings is 1. The molecular weight excluding hydrogens is 209 g/mol. The Bertz CT molecular complexity index is 342. The van der Waals surface area contributed by atoms with Crippen molar-refractivity contribution >= 4 is 0 Å². The molecule has 1 rings (SSSR count). The van der Waals surface area contributed by atoms with Gasteiger partial charge in [-0.05, 0) is 19.9 Å². The monoisotopic (exact) mass is 227 g/mol. The first-order chi connectivity index (χ1) is 7.54. The van der Waals surface area contributed by atoms with Gasteiger partial charge in [-0.3, -0.25) is 0 Å². The van der Waals surface area contributed by atoms with Crippen LogP contribution in [0.4, 0.5) is 4.39 Å². The predicted octanol–water partition coefficient (Wildman–Crippen LogP) is 2.26. The summed E-state index contributed by atoms with van der Waals surface area (Å²) in [6, 6.07) is 4.40. The Morgan fingerprint density at radius 3 is 2.56 bits per heavy atom. The van der Waals surface area contributed by atoms with Gasteiger partial charge in [0.05, 0.1) is 6.61 Å². The molecule has 90 valence electrons. The summed E-state index contributed by atoms with van der Waals surface area (Å²) < 4.78 is 23.9. The number of halogens is 1. The number of nitrogens with two attached hydrogens (primary N) is 1. The van der Waals surface area contributed by atoms with Crippen molar-refractivity contribution in [3.05, 3.63) is 29.6 Å². The molecule has 0 heterocycles. The Kier molecular flexibility index (Phi) is 4.71. The predicted molar refractivity (Wildman–Crippen MR) is 61.0 cm³/mol. The van der Waals surface area contributed by atoms with Gasteiger partial charge in [0.2, 0.25) is 0 Å². The highest BCUT2D eigenvalue weighted by Gasteiger charge is 2.09. The third kappa shape index (κ3) is 3.47. The fourth-order valence-corrected chi connectivity index (χ4v) is 1.45. The lowest BCUT2D eigenvalue weighted by Crippen LogP contribution is -2.18. The maximum atomic E-state index is 13.5. The first-order valence-electron chi connectivity index (χ1n) is 5.25. The maximum Gasteiger partial charge on any atom is 0.131 e. The molecule has 2 atom stereocenters. The number of hydrogen-bond acceptors (Lipinski definition) is 3. The van der Waals surface area contributed by atoms with Crippen LogP contribution in [0.2, 0.25) is 0 Å². The maximum absolute atomic E-state index is 13.5. The zero-order valence-corrected chi connectivity index (χ0v) is 9.87. The van der Waals surface area contributed by atoms with Gasteiger partial charge in [-0.2, -0.15) is 0 Å². The standard InChI is InChI=1S/C12H18FNO2/c1-8(7-15-3)16-10-4-5-11(9(2)14)12(13)6-10/h4-6,8-9H,7,14H2,1-3H3/t8?,9-/m1/s1. The molecule has 0 radical (unpaired) electrons. The summed E-state index contributed by atoms with van der Waals surface area (Å²) in [5, 5.41) is 0. The molecule has 0 amide bonds. The summed E-state index contributed by atoms with van der Waals surface area (Å²) >= 11 is 0. The molecule has 0 aliphatic heterocycles. The average molecular weight is 227 g/mol. The van der Waals surface area contributed by atoms with E-state index in [2.05, 4.69) is 0 Å². The van der Waals surface area contributed by atoms with Gasteiger partial charge in [-0.15, -0.1) is 0 Å². The third-order valence-corrected chi connectivity index (χ3v) is 2.20. The topological polar surface area (TPSA) is 44.5 Å². The van der Waals surface area contributed by atoms with E-state index in [-0.39, 0.29) is 18.0 Å². The molecule has 3 nitrogen and oxygen atoms in total. The second kappa shape index (κ2) is 5.82. The van der Waals surface area contributed by atoms with Crippen molar-refractivity contribution in [2.24, 2.45) is 5.73 Å². The molecule has 0 spiro atoms. The van der Waals surface area contributed by atoms with E-state index in [9.17, 15) is 4.39 Å². The first kappa shape index (κ1) is 12.9. The Morgan fingerprint density at radius 2 is 2.06 bits per heavy atom. The summed E-state index contributed by atoms with van der Waals surface area (Å²) in [4.78, 5) is 0. The summed E-state index contributed by atoms with van der Waals surface area (Å²) in [5.41, 5.74) is 6.11. The van der Waals surface area contributed by atoms with E-state index >= 15 is 0 Å². The van der Waals surface area contributed by atoms with Crippen LogP contribution in [-0.4, -0.2) is 19.8 Å². The zero-order valence-electron chi connectivity index (χ0n) is 9.87. The highest BCUT2D eigenvalue weighted by Crippen LogP contribution is 2.21. The lowest BCUT2D eigenvalue weighted by molar-refractivity contribution is 0.0918. The van der Waals surface area contributed by atoms with Crippen LogP contribution in [-0.2, 0) is 4.74 Å².